The van der Waals surface area contributed by atoms with E-state index in [0.29, 0.717) is 32.4 Å². The molecule has 0 spiro atoms. The molecule has 23 heavy (non-hydrogen) atoms. The van der Waals surface area contributed by atoms with Gasteiger partial charge in [-0.15, -0.1) is 0 Å². The maximum Gasteiger partial charge on any atom is 0.310 e. The van der Waals surface area contributed by atoms with Crippen LogP contribution in [0.1, 0.15) is 25.5 Å². The molecule has 1 aliphatic heterocycles. The molecule has 8 heteroatoms. The van der Waals surface area contributed by atoms with Crippen LogP contribution in [0.4, 0.5) is 0 Å². The SMILES string of the molecule is CCOC(=O)[C@H]1CCCN(S(=O)(=O)NCCc2ccccn2)C1. The molecular weight excluding hydrogens is 318 g/mol. The molecule has 1 aromatic heterocycles. The molecule has 1 aliphatic rings. The van der Waals surface area contributed by atoms with Crippen LogP contribution in [0.25, 0.3) is 0 Å². The summed E-state index contributed by atoms with van der Waals surface area (Å²) in [5.74, 6) is -0.697. The van der Waals surface area contributed by atoms with Gasteiger partial charge in [0.1, 0.15) is 0 Å². The second-order valence-corrected chi connectivity index (χ2v) is 7.17. The van der Waals surface area contributed by atoms with Crippen LogP contribution in [0.3, 0.4) is 0 Å². The van der Waals surface area contributed by atoms with Crippen LogP contribution >= 0.6 is 0 Å². The molecule has 7 nitrogen and oxygen atoms in total. The topological polar surface area (TPSA) is 88.6 Å². The number of hydrogen-bond donors (Lipinski definition) is 1. The Hall–Kier alpha value is -1.51. The first-order chi connectivity index (χ1) is 11.0. The Morgan fingerprint density at radius 3 is 3.00 bits per heavy atom. The van der Waals surface area contributed by atoms with Gasteiger partial charge in [0.15, 0.2) is 0 Å². The number of nitrogens with zero attached hydrogens (tertiary/aromatic N) is 2. The van der Waals surface area contributed by atoms with Crippen LogP contribution in [-0.4, -0.2) is 49.9 Å². The van der Waals surface area contributed by atoms with Gasteiger partial charge in [-0.3, -0.25) is 9.78 Å². The van der Waals surface area contributed by atoms with Gasteiger partial charge in [-0.1, -0.05) is 6.07 Å². The van der Waals surface area contributed by atoms with E-state index in [1.165, 1.54) is 4.31 Å². The molecule has 1 fully saturated rings. The smallest absolute Gasteiger partial charge is 0.310 e. The number of esters is 1. The van der Waals surface area contributed by atoms with Crippen molar-refractivity contribution in [1.82, 2.24) is 14.0 Å². The fourth-order valence-corrected chi connectivity index (χ4v) is 3.85. The van der Waals surface area contributed by atoms with Gasteiger partial charge in [-0.25, -0.2) is 4.72 Å². The van der Waals surface area contributed by atoms with Gasteiger partial charge < -0.3 is 4.74 Å². The number of pyridine rings is 1. The normalized spacial score (nSPS) is 19.4. The van der Waals surface area contributed by atoms with E-state index in [2.05, 4.69) is 9.71 Å². The van der Waals surface area contributed by atoms with E-state index in [0.717, 1.165) is 5.69 Å². The standard InChI is InChI=1S/C15H23N3O4S/c1-2-22-15(19)13-6-5-11-18(12-13)23(20,21)17-10-8-14-7-3-4-9-16-14/h3-4,7,9,13,17H,2,5-6,8,10-12H2,1H3/t13-/m0/s1. The molecular formula is C15H23N3O4S. The number of aromatic nitrogens is 1. The van der Waals surface area contributed by atoms with Crippen LogP contribution in [-0.2, 0) is 26.2 Å². The third-order valence-electron chi connectivity index (χ3n) is 3.74. The molecule has 1 N–H and O–H groups in total. The van der Waals surface area contributed by atoms with Crippen molar-refractivity contribution in [3.8, 4) is 0 Å². The molecule has 2 rings (SSSR count). The predicted octanol–water partition coefficient (Wildman–Crippen LogP) is 0.734. The van der Waals surface area contributed by atoms with Crippen LogP contribution in [0, 0.1) is 5.92 Å². The lowest BCUT2D eigenvalue weighted by Gasteiger charge is -2.30. The predicted molar refractivity (Wildman–Crippen MR) is 85.8 cm³/mol. The van der Waals surface area contributed by atoms with Gasteiger partial charge >= 0.3 is 5.97 Å². The summed E-state index contributed by atoms with van der Waals surface area (Å²) in [5.41, 5.74) is 0.832. The minimum atomic E-state index is -3.59. The minimum absolute atomic E-state index is 0.178. The van der Waals surface area contributed by atoms with Crippen molar-refractivity contribution in [2.24, 2.45) is 5.92 Å². The van der Waals surface area contributed by atoms with Gasteiger partial charge in [0.25, 0.3) is 10.2 Å². The minimum Gasteiger partial charge on any atom is -0.466 e. The van der Waals surface area contributed by atoms with Gasteiger partial charge in [0, 0.05) is 37.9 Å². The molecule has 1 aromatic rings. The zero-order valence-electron chi connectivity index (χ0n) is 13.3. The zero-order valence-corrected chi connectivity index (χ0v) is 14.1. The number of carbonyl (C=O) groups excluding carboxylic acids is 1. The summed E-state index contributed by atoms with van der Waals surface area (Å²) in [4.78, 5) is 16.0. The van der Waals surface area contributed by atoms with E-state index in [4.69, 9.17) is 4.74 Å². The van der Waals surface area contributed by atoms with E-state index in [9.17, 15) is 13.2 Å². The molecule has 1 saturated heterocycles. The summed E-state index contributed by atoms with van der Waals surface area (Å²) in [6, 6.07) is 5.54. The van der Waals surface area contributed by atoms with E-state index in [1.807, 2.05) is 18.2 Å². The maximum absolute atomic E-state index is 12.3. The quantitative estimate of drug-likeness (QED) is 0.739. The Morgan fingerprint density at radius 2 is 2.30 bits per heavy atom. The van der Waals surface area contributed by atoms with E-state index in [-0.39, 0.29) is 25.0 Å². The van der Waals surface area contributed by atoms with Gasteiger partial charge in [-0.05, 0) is 31.9 Å². The van der Waals surface area contributed by atoms with Crippen LogP contribution in [0.2, 0.25) is 0 Å². The lowest BCUT2D eigenvalue weighted by molar-refractivity contribution is -0.149. The zero-order chi connectivity index (χ0) is 16.7. The van der Waals surface area contributed by atoms with Crippen molar-refractivity contribution in [3.63, 3.8) is 0 Å². The molecule has 0 radical (unpaired) electrons. The average molecular weight is 341 g/mol. The van der Waals surface area contributed by atoms with Gasteiger partial charge in [0.2, 0.25) is 0 Å². The molecule has 0 amide bonds. The summed E-state index contributed by atoms with van der Waals surface area (Å²) in [6.07, 6.45) is 3.52. The number of nitrogens with one attached hydrogen (secondary N) is 1. The number of piperidine rings is 1. The fourth-order valence-electron chi connectivity index (χ4n) is 2.56. The summed E-state index contributed by atoms with van der Waals surface area (Å²) >= 11 is 0. The molecule has 1 atom stereocenters. The highest BCUT2D eigenvalue weighted by molar-refractivity contribution is 7.87. The van der Waals surface area contributed by atoms with Crippen molar-refractivity contribution >= 4 is 16.2 Å². The first-order valence-electron chi connectivity index (χ1n) is 7.84. The van der Waals surface area contributed by atoms with Crippen molar-refractivity contribution in [1.29, 1.82) is 0 Å². The monoisotopic (exact) mass is 341 g/mol. The highest BCUT2D eigenvalue weighted by Crippen LogP contribution is 2.19. The van der Waals surface area contributed by atoms with Crippen molar-refractivity contribution in [2.75, 3.05) is 26.2 Å². The highest BCUT2D eigenvalue weighted by atomic mass is 32.2. The molecule has 0 unspecified atom stereocenters. The van der Waals surface area contributed by atoms with Crippen molar-refractivity contribution < 1.29 is 17.9 Å². The Labute approximate surface area is 137 Å². The molecule has 128 valence electrons. The van der Waals surface area contributed by atoms with E-state index < -0.39 is 10.2 Å². The lowest BCUT2D eigenvalue weighted by Crippen LogP contribution is -2.48. The lowest BCUT2D eigenvalue weighted by atomic mass is 10.0. The van der Waals surface area contributed by atoms with E-state index >= 15 is 0 Å². The number of ether oxygens (including phenoxy) is 1. The number of hydrogen-bond acceptors (Lipinski definition) is 5. The van der Waals surface area contributed by atoms with Crippen LogP contribution < -0.4 is 4.72 Å². The Balaban J connectivity index is 1.87. The summed E-state index contributed by atoms with van der Waals surface area (Å²) in [5, 5.41) is 0. The van der Waals surface area contributed by atoms with Crippen molar-refractivity contribution in [2.45, 2.75) is 26.2 Å². The fraction of sp³-hybridized carbons (Fsp3) is 0.600. The second kappa shape index (κ2) is 8.37. The van der Waals surface area contributed by atoms with Gasteiger partial charge in [0.05, 0.1) is 12.5 Å². The van der Waals surface area contributed by atoms with E-state index in [1.54, 1.807) is 13.1 Å². The average Bonchev–Trinajstić information content (AvgIpc) is 2.56. The maximum atomic E-state index is 12.3. The Bertz CT molecular complexity index is 606. The summed E-state index contributed by atoms with van der Waals surface area (Å²) < 4.78 is 33.6. The molecule has 0 aliphatic carbocycles. The third kappa shape index (κ3) is 5.26. The first-order valence-corrected chi connectivity index (χ1v) is 9.28. The highest BCUT2D eigenvalue weighted by Gasteiger charge is 2.32. The molecule has 2 heterocycles. The van der Waals surface area contributed by atoms with Gasteiger partial charge in [-0.2, -0.15) is 12.7 Å². The van der Waals surface area contributed by atoms with Crippen molar-refractivity contribution in [3.05, 3.63) is 30.1 Å². The first kappa shape index (κ1) is 17.8. The number of rotatable bonds is 7. The molecule has 0 saturated carbocycles. The molecule has 0 aromatic carbocycles. The van der Waals surface area contributed by atoms with Crippen LogP contribution in [0.15, 0.2) is 24.4 Å². The Kier molecular flexibility index (Phi) is 6.49. The Morgan fingerprint density at radius 1 is 1.48 bits per heavy atom. The second-order valence-electron chi connectivity index (χ2n) is 5.42. The molecule has 0 bridgehead atoms. The third-order valence-corrected chi connectivity index (χ3v) is 5.32. The largest absolute Gasteiger partial charge is 0.466 e. The van der Waals surface area contributed by atoms with Crippen LogP contribution in [0.5, 0.6) is 0 Å². The summed E-state index contributed by atoms with van der Waals surface area (Å²) in [7, 11) is -3.59. The number of carbonyl (C=O) groups is 1. The summed E-state index contributed by atoms with van der Waals surface area (Å²) in [6.45, 7) is 2.94.